The van der Waals surface area contributed by atoms with E-state index in [1.54, 1.807) is 18.2 Å². The Morgan fingerprint density at radius 1 is 1.03 bits per heavy atom. The number of nitro groups is 1. The van der Waals surface area contributed by atoms with E-state index >= 15 is 0 Å². The maximum Gasteiger partial charge on any atom is 0.292 e. The van der Waals surface area contributed by atoms with Gasteiger partial charge in [0, 0.05) is 45.2 Å². The molecule has 0 saturated carbocycles. The summed E-state index contributed by atoms with van der Waals surface area (Å²) in [5.41, 5.74) is 2.25. The van der Waals surface area contributed by atoms with Crippen LogP contribution in [0.5, 0.6) is 0 Å². The van der Waals surface area contributed by atoms with Gasteiger partial charge < -0.3 is 20.4 Å². The Bertz CT molecular complexity index is 850. The molecule has 0 aliphatic carbocycles. The standard InChI is InChI=1S/C21H27N5O3/c1-2-24-13-15-25(16-14-24)19-9-5-4-8-18(19)23-21(27)11-12-22-17-7-3-6-10-20(17)26(28)29/h3-10,22H,2,11-16H2,1H3,(H,23,27). The molecule has 154 valence electrons. The molecule has 29 heavy (non-hydrogen) atoms. The molecule has 1 fully saturated rings. The fourth-order valence-electron chi connectivity index (χ4n) is 3.47. The lowest BCUT2D eigenvalue weighted by Crippen LogP contribution is -2.46. The largest absolute Gasteiger partial charge is 0.379 e. The van der Waals surface area contributed by atoms with Crippen molar-refractivity contribution in [3.05, 3.63) is 58.6 Å². The second-order valence-electron chi connectivity index (χ2n) is 6.94. The molecule has 2 N–H and O–H groups in total. The normalized spacial score (nSPS) is 14.4. The van der Waals surface area contributed by atoms with Crippen molar-refractivity contribution >= 4 is 28.7 Å². The number of amides is 1. The topological polar surface area (TPSA) is 90.8 Å². The lowest BCUT2D eigenvalue weighted by atomic mass is 10.2. The molecule has 0 unspecified atom stereocenters. The Hall–Kier alpha value is -3.13. The maximum absolute atomic E-state index is 12.4. The molecule has 8 nitrogen and oxygen atoms in total. The number of carbonyl (C=O) groups is 1. The highest BCUT2D eigenvalue weighted by Crippen LogP contribution is 2.27. The van der Waals surface area contributed by atoms with Crippen molar-refractivity contribution in [2.75, 3.05) is 54.8 Å². The molecule has 1 saturated heterocycles. The number of piperazine rings is 1. The number of benzene rings is 2. The van der Waals surface area contributed by atoms with Crippen LogP contribution in [0.2, 0.25) is 0 Å². The van der Waals surface area contributed by atoms with Crippen LogP contribution >= 0.6 is 0 Å². The quantitative estimate of drug-likeness (QED) is 0.525. The van der Waals surface area contributed by atoms with E-state index in [2.05, 4.69) is 27.4 Å². The number of likely N-dealkylation sites (N-methyl/N-ethyl adjacent to an activating group) is 1. The summed E-state index contributed by atoms with van der Waals surface area (Å²) in [5.74, 6) is -0.129. The van der Waals surface area contributed by atoms with E-state index < -0.39 is 4.92 Å². The Balaban J connectivity index is 1.56. The van der Waals surface area contributed by atoms with Gasteiger partial charge in [-0.05, 0) is 24.7 Å². The van der Waals surface area contributed by atoms with Gasteiger partial charge in [-0.3, -0.25) is 14.9 Å². The highest BCUT2D eigenvalue weighted by molar-refractivity contribution is 5.94. The summed E-state index contributed by atoms with van der Waals surface area (Å²) in [5, 5.41) is 17.0. The minimum atomic E-state index is -0.434. The van der Waals surface area contributed by atoms with E-state index in [4.69, 9.17) is 0 Å². The summed E-state index contributed by atoms with van der Waals surface area (Å²) in [6.07, 6.45) is 0.212. The SMILES string of the molecule is CCN1CCN(c2ccccc2NC(=O)CCNc2ccccc2[N+](=O)[O-])CC1. The number of anilines is 3. The molecule has 2 aromatic rings. The predicted molar refractivity (Wildman–Crippen MR) is 116 cm³/mol. The second-order valence-corrected chi connectivity index (χ2v) is 6.94. The van der Waals surface area contributed by atoms with Gasteiger partial charge in [0.05, 0.1) is 16.3 Å². The van der Waals surface area contributed by atoms with Crippen molar-refractivity contribution in [1.29, 1.82) is 0 Å². The van der Waals surface area contributed by atoms with E-state index in [9.17, 15) is 14.9 Å². The summed E-state index contributed by atoms with van der Waals surface area (Å²) >= 11 is 0. The minimum absolute atomic E-state index is 0.00414. The highest BCUT2D eigenvalue weighted by Gasteiger charge is 2.19. The van der Waals surface area contributed by atoms with Crippen molar-refractivity contribution in [2.24, 2.45) is 0 Å². The Labute approximate surface area is 170 Å². The van der Waals surface area contributed by atoms with Crippen molar-refractivity contribution in [2.45, 2.75) is 13.3 Å². The molecule has 0 aromatic heterocycles. The van der Waals surface area contributed by atoms with Crippen LogP contribution in [0.1, 0.15) is 13.3 Å². The number of nitrogens with one attached hydrogen (secondary N) is 2. The Morgan fingerprint density at radius 3 is 2.38 bits per heavy atom. The van der Waals surface area contributed by atoms with E-state index in [0.29, 0.717) is 12.2 Å². The first kappa shape index (κ1) is 20.6. The zero-order valence-electron chi connectivity index (χ0n) is 16.6. The van der Waals surface area contributed by atoms with Crippen LogP contribution in [0.3, 0.4) is 0 Å². The number of rotatable bonds is 8. The molecule has 0 bridgehead atoms. The van der Waals surface area contributed by atoms with Gasteiger partial charge in [0.15, 0.2) is 0 Å². The Kier molecular flexibility index (Phi) is 7.02. The first-order chi connectivity index (χ1) is 14.1. The first-order valence-electron chi connectivity index (χ1n) is 9.92. The number of nitro benzene ring substituents is 1. The van der Waals surface area contributed by atoms with Crippen LogP contribution in [0.15, 0.2) is 48.5 Å². The van der Waals surface area contributed by atoms with Gasteiger partial charge >= 0.3 is 0 Å². The van der Waals surface area contributed by atoms with Gasteiger partial charge in [0.2, 0.25) is 5.91 Å². The van der Waals surface area contributed by atoms with E-state index in [-0.39, 0.29) is 18.0 Å². The van der Waals surface area contributed by atoms with Gasteiger partial charge in [0.1, 0.15) is 5.69 Å². The minimum Gasteiger partial charge on any atom is -0.379 e. The van der Waals surface area contributed by atoms with E-state index in [1.807, 2.05) is 24.3 Å². The van der Waals surface area contributed by atoms with Gasteiger partial charge in [-0.15, -0.1) is 0 Å². The molecule has 1 aliphatic heterocycles. The lowest BCUT2D eigenvalue weighted by molar-refractivity contribution is -0.384. The maximum atomic E-state index is 12.4. The third-order valence-electron chi connectivity index (χ3n) is 5.11. The average Bonchev–Trinajstić information content (AvgIpc) is 2.74. The van der Waals surface area contributed by atoms with Crippen molar-refractivity contribution in [3.8, 4) is 0 Å². The molecule has 1 heterocycles. The number of carbonyl (C=O) groups excluding carboxylic acids is 1. The van der Waals surface area contributed by atoms with Crippen LogP contribution in [-0.4, -0.2) is 55.0 Å². The molecule has 1 amide bonds. The van der Waals surface area contributed by atoms with Gasteiger partial charge in [-0.1, -0.05) is 31.2 Å². The van der Waals surface area contributed by atoms with E-state index in [1.165, 1.54) is 6.07 Å². The van der Waals surface area contributed by atoms with Gasteiger partial charge in [-0.25, -0.2) is 0 Å². The van der Waals surface area contributed by atoms with Gasteiger partial charge in [0.25, 0.3) is 5.69 Å². The molecule has 1 aliphatic rings. The van der Waals surface area contributed by atoms with Gasteiger partial charge in [-0.2, -0.15) is 0 Å². The van der Waals surface area contributed by atoms with Crippen molar-refractivity contribution in [3.63, 3.8) is 0 Å². The number of hydrogen-bond donors (Lipinski definition) is 2. The zero-order chi connectivity index (χ0) is 20.6. The second kappa shape index (κ2) is 9.88. The number of para-hydroxylation sites is 4. The third-order valence-corrected chi connectivity index (χ3v) is 5.11. The summed E-state index contributed by atoms with van der Waals surface area (Å²) in [6, 6.07) is 14.3. The molecule has 8 heteroatoms. The molecular weight excluding hydrogens is 370 g/mol. The van der Waals surface area contributed by atoms with Crippen molar-refractivity contribution < 1.29 is 9.72 Å². The molecular formula is C21H27N5O3. The van der Waals surface area contributed by atoms with Crippen LogP contribution in [0, 0.1) is 10.1 Å². The van der Waals surface area contributed by atoms with E-state index in [0.717, 1.165) is 44.1 Å². The number of nitrogens with zero attached hydrogens (tertiary/aromatic N) is 3. The smallest absolute Gasteiger partial charge is 0.292 e. The van der Waals surface area contributed by atoms with Crippen LogP contribution in [-0.2, 0) is 4.79 Å². The molecule has 0 atom stereocenters. The fourth-order valence-corrected chi connectivity index (χ4v) is 3.47. The zero-order valence-corrected chi connectivity index (χ0v) is 16.6. The van der Waals surface area contributed by atoms with Crippen LogP contribution in [0.4, 0.5) is 22.7 Å². The summed E-state index contributed by atoms with van der Waals surface area (Å²) < 4.78 is 0. The number of hydrogen-bond acceptors (Lipinski definition) is 6. The summed E-state index contributed by atoms with van der Waals surface area (Å²) in [7, 11) is 0. The predicted octanol–water partition coefficient (Wildman–Crippen LogP) is 3.18. The lowest BCUT2D eigenvalue weighted by Gasteiger charge is -2.36. The summed E-state index contributed by atoms with van der Waals surface area (Å²) in [6.45, 7) is 7.42. The summed E-state index contributed by atoms with van der Waals surface area (Å²) in [4.78, 5) is 27.8. The average molecular weight is 397 g/mol. The molecule has 2 aromatic carbocycles. The molecule has 0 radical (unpaired) electrons. The Morgan fingerprint density at radius 2 is 1.69 bits per heavy atom. The third kappa shape index (κ3) is 5.45. The fraction of sp³-hybridized carbons (Fsp3) is 0.381. The van der Waals surface area contributed by atoms with Crippen LogP contribution < -0.4 is 15.5 Å². The highest BCUT2D eigenvalue weighted by atomic mass is 16.6. The van der Waals surface area contributed by atoms with Crippen LogP contribution in [0.25, 0.3) is 0 Å². The first-order valence-corrected chi connectivity index (χ1v) is 9.92. The molecule has 0 spiro atoms. The monoisotopic (exact) mass is 397 g/mol. The molecule has 3 rings (SSSR count). The van der Waals surface area contributed by atoms with Crippen molar-refractivity contribution in [1.82, 2.24) is 4.90 Å².